The van der Waals surface area contributed by atoms with Gasteiger partial charge in [0.1, 0.15) is 5.57 Å². The molecule has 3 rings (SSSR count). The molecule has 7 heteroatoms. The van der Waals surface area contributed by atoms with Gasteiger partial charge in [-0.1, -0.05) is 36.8 Å². The number of benzene rings is 2. The van der Waals surface area contributed by atoms with Crippen molar-refractivity contribution in [1.82, 2.24) is 5.32 Å². The first-order valence-corrected chi connectivity index (χ1v) is 9.82. The number of hydrogen-bond acceptors (Lipinski definition) is 5. The van der Waals surface area contributed by atoms with Crippen LogP contribution in [0.25, 0.3) is 6.08 Å². The Morgan fingerprint density at radius 1 is 0.967 bits per heavy atom. The van der Waals surface area contributed by atoms with Crippen molar-refractivity contribution in [1.29, 1.82) is 0 Å². The Balaban J connectivity index is 1.97. The normalized spacial score (nSPS) is 15.4. The smallest absolute Gasteiger partial charge is 0.335 e. The van der Waals surface area contributed by atoms with Crippen molar-refractivity contribution in [3.63, 3.8) is 0 Å². The van der Waals surface area contributed by atoms with Crippen LogP contribution in [0.1, 0.15) is 31.4 Å². The summed E-state index contributed by atoms with van der Waals surface area (Å²) in [6, 6.07) is 11.4. The van der Waals surface area contributed by atoms with Gasteiger partial charge in [-0.3, -0.25) is 14.9 Å². The van der Waals surface area contributed by atoms with E-state index >= 15 is 0 Å². The molecule has 0 aliphatic carbocycles. The SMILES string of the molecule is CCCOc1ccc(N2C(=O)NC(=O)/C(=C\c3ccc(C)cc3)C2=O)cc1OCC. The lowest BCUT2D eigenvalue weighted by Gasteiger charge is -2.27. The summed E-state index contributed by atoms with van der Waals surface area (Å²) >= 11 is 0. The van der Waals surface area contributed by atoms with E-state index in [1.165, 1.54) is 6.08 Å². The van der Waals surface area contributed by atoms with E-state index in [1.54, 1.807) is 30.3 Å². The Kier molecular flexibility index (Phi) is 6.51. The maximum Gasteiger partial charge on any atom is 0.335 e. The number of hydrogen-bond donors (Lipinski definition) is 1. The number of carbonyl (C=O) groups excluding carboxylic acids is 3. The minimum absolute atomic E-state index is 0.122. The van der Waals surface area contributed by atoms with Crippen molar-refractivity contribution in [3.8, 4) is 11.5 Å². The summed E-state index contributed by atoms with van der Waals surface area (Å²) in [5.41, 5.74) is 1.91. The van der Waals surface area contributed by atoms with E-state index < -0.39 is 17.8 Å². The highest BCUT2D eigenvalue weighted by molar-refractivity contribution is 6.39. The molecule has 0 radical (unpaired) electrons. The molecule has 1 N–H and O–H groups in total. The number of imide groups is 2. The topological polar surface area (TPSA) is 84.9 Å². The minimum atomic E-state index is -0.810. The van der Waals surface area contributed by atoms with E-state index in [9.17, 15) is 14.4 Å². The lowest BCUT2D eigenvalue weighted by molar-refractivity contribution is -0.122. The first kappa shape index (κ1) is 21.1. The number of ether oxygens (including phenoxy) is 2. The highest BCUT2D eigenvalue weighted by Gasteiger charge is 2.37. The van der Waals surface area contributed by atoms with Crippen molar-refractivity contribution in [2.24, 2.45) is 0 Å². The monoisotopic (exact) mass is 408 g/mol. The fourth-order valence-corrected chi connectivity index (χ4v) is 2.96. The first-order valence-electron chi connectivity index (χ1n) is 9.82. The second-order valence-corrected chi connectivity index (χ2v) is 6.78. The number of rotatable bonds is 7. The molecule has 1 heterocycles. The van der Waals surface area contributed by atoms with Crippen LogP contribution in [0, 0.1) is 6.92 Å². The average molecular weight is 408 g/mol. The molecular formula is C23H24N2O5. The third-order valence-electron chi connectivity index (χ3n) is 4.44. The Hall–Kier alpha value is -3.61. The highest BCUT2D eigenvalue weighted by Crippen LogP contribution is 2.33. The van der Waals surface area contributed by atoms with E-state index in [0.717, 1.165) is 16.9 Å². The predicted molar refractivity (Wildman–Crippen MR) is 114 cm³/mol. The molecule has 4 amide bonds. The summed E-state index contributed by atoms with van der Waals surface area (Å²) in [6.45, 7) is 6.67. The van der Waals surface area contributed by atoms with Gasteiger partial charge in [-0.05, 0) is 44.0 Å². The van der Waals surface area contributed by atoms with E-state index in [4.69, 9.17) is 9.47 Å². The summed E-state index contributed by atoms with van der Waals surface area (Å²) < 4.78 is 11.3. The molecule has 0 bridgehead atoms. The largest absolute Gasteiger partial charge is 0.490 e. The number of aryl methyl sites for hydroxylation is 1. The third kappa shape index (κ3) is 4.51. The molecule has 0 spiro atoms. The predicted octanol–water partition coefficient (Wildman–Crippen LogP) is 3.85. The van der Waals surface area contributed by atoms with Crippen LogP contribution in [-0.4, -0.2) is 31.1 Å². The Labute approximate surface area is 175 Å². The molecule has 0 atom stereocenters. The molecule has 1 aliphatic rings. The first-order chi connectivity index (χ1) is 14.4. The van der Waals surface area contributed by atoms with Gasteiger partial charge in [0.25, 0.3) is 11.8 Å². The van der Waals surface area contributed by atoms with Gasteiger partial charge in [-0.2, -0.15) is 0 Å². The van der Waals surface area contributed by atoms with Crippen LogP contribution >= 0.6 is 0 Å². The van der Waals surface area contributed by atoms with Gasteiger partial charge in [-0.15, -0.1) is 0 Å². The molecule has 2 aromatic carbocycles. The van der Waals surface area contributed by atoms with Crippen molar-refractivity contribution in [2.45, 2.75) is 27.2 Å². The summed E-state index contributed by atoms with van der Waals surface area (Å²) in [5, 5.41) is 2.23. The van der Waals surface area contributed by atoms with Crippen LogP contribution in [0.15, 0.2) is 48.0 Å². The van der Waals surface area contributed by atoms with Crippen molar-refractivity contribution in [2.75, 3.05) is 18.1 Å². The van der Waals surface area contributed by atoms with Crippen LogP contribution in [0.4, 0.5) is 10.5 Å². The average Bonchev–Trinajstić information content (AvgIpc) is 2.72. The number of anilines is 1. The molecule has 0 aromatic heterocycles. The highest BCUT2D eigenvalue weighted by atomic mass is 16.5. The van der Waals surface area contributed by atoms with E-state index in [-0.39, 0.29) is 11.3 Å². The van der Waals surface area contributed by atoms with Gasteiger partial charge in [0, 0.05) is 6.07 Å². The van der Waals surface area contributed by atoms with Crippen LogP contribution in [0.3, 0.4) is 0 Å². The Morgan fingerprint density at radius 2 is 1.70 bits per heavy atom. The molecule has 0 unspecified atom stereocenters. The molecule has 30 heavy (non-hydrogen) atoms. The number of urea groups is 1. The van der Waals surface area contributed by atoms with Crippen LogP contribution in [0.2, 0.25) is 0 Å². The molecular weight excluding hydrogens is 384 g/mol. The number of nitrogens with zero attached hydrogens (tertiary/aromatic N) is 1. The number of amides is 4. The lowest BCUT2D eigenvalue weighted by atomic mass is 10.1. The second-order valence-electron chi connectivity index (χ2n) is 6.78. The summed E-state index contributed by atoms with van der Waals surface area (Å²) in [7, 11) is 0. The Bertz CT molecular complexity index is 995. The summed E-state index contributed by atoms with van der Waals surface area (Å²) in [4.78, 5) is 38.7. The summed E-state index contributed by atoms with van der Waals surface area (Å²) in [6.07, 6.45) is 2.30. The lowest BCUT2D eigenvalue weighted by Crippen LogP contribution is -2.54. The Morgan fingerprint density at radius 3 is 2.37 bits per heavy atom. The molecule has 7 nitrogen and oxygen atoms in total. The molecule has 1 saturated heterocycles. The standard InChI is InChI=1S/C23H24N2O5/c1-4-12-30-19-11-10-17(14-20(19)29-5-2)25-22(27)18(21(26)24-23(25)28)13-16-8-6-15(3)7-9-16/h6-11,13-14H,4-5,12H2,1-3H3,(H,24,26,28)/b18-13+. The summed E-state index contributed by atoms with van der Waals surface area (Å²) in [5.74, 6) is -0.479. The maximum absolute atomic E-state index is 13.0. The third-order valence-corrected chi connectivity index (χ3v) is 4.44. The zero-order valence-corrected chi connectivity index (χ0v) is 17.2. The minimum Gasteiger partial charge on any atom is -0.490 e. The maximum atomic E-state index is 13.0. The molecule has 0 saturated carbocycles. The van der Waals surface area contributed by atoms with Crippen LogP contribution in [-0.2, 0) is 9.59 Å². The molecule has 156 valence electrons. The zero-order chi connectivity index (χ0) is 21.7. The van der Waals surface area contributed by atoms with Crippen LogP contribution in [0.5, 0.6) is 11.5 Å². The van der Waals surface area contributed by atoms with Gasteiger partial charge in [0.2, 0.25) is 0 Å². The number of barbiturate groups is 1. The molecule has 1 aliphatic heterocycles. The molecule has 1 fully saturated rings. The van der Waals surface area contributed by atoms with Crippen molar-refractivity contribution < 1.29 is 23.9 Å². The van der Waals surface area contributed by atoms with Gasteiger partial charge in [0.15, 0.2) is 11.5 Å². The van der Waals surface area contributed by atoms with Gasteiger partial charge in [-0.25, -0.2) is 9.69 Å². The van der Waals surface area contributed by atoms with E-state index in [1.807, 2.05) is 32.9 Å². The number of carbonyl (C=O) groups is 3. The fraction of sp³-hybridized carbons (Fsp3) is 0.261. The fourth-order valence-electron chi connectivity index (χ4n) is 2.96. The van der Waals surface area contributed by atoms with E-state index in [0.29, 0.717) is 30.3 Å². The van der Waals surface area contributed by atoms with Crippen molar-refractivity contribution >= 4 is 29.6 Å². The zero-order valence-electron chi connectivity index (χ0n) is 17.2. The quantitative estimate of drug-likeness (QED) is 0.556. The van der Waals surface area contributed by atoms with Gasteiger partial charge < -0.3 is 9.47 Å². The second kappa shape index (κ2) is 9.26. The van der Waals surface area contributed by atoms with Gasteiger partial charge >= 0.3 is 6.03 Å². The number of nitrogens with one attached hydrogen (secondary N) is 1. The van der Waals surface area contributed by atoms with Gasteiger partial charge in [0.05, 0.1) is 18.9 Å². The van der Waals surface area contributed by atoms with E-state index in [2.05, 4.69) is 5.32 Å². The van der Waals surface area contributed by atoms with Crippen LogP contribution < -0.4 is 19.7 Å². The van der Waals surface area contributed by atoms with Crippen molar-refractivity contribution in [3.05, 3.63) is 59.2 Å². The molecule has 2 aromatic rings.